The molecule has 2 rings (SSSR count). The Hall–Kier alpha value is -2.11. The summed E-state index contributed by atoms with van der Waals surface area (Å²) < 4.78 is 0. The molecule has 0 aliphatic carbocycles. The summed E-state index contributed by atoms with van der Waals surface area (Å²) in [7, 11) is 0. The first-order chi connectivity index (χ1) is 7.99. The quantitative estimate of drug-likeness (QED) is 0.751. The maximum absolute atomic E-state index is 11.8. The Balaban J connectivity index is 2.30. The molecule has 6 nitrogen and oxygen atoms in total. The summed E-state index contributed by atoms with van der Waals surface area (Å²) in [5.41, 5.74) is 1.02. The lowest BCUT2D eigenvalue weighted by Crippen LogP contribution is -2.50. The van der Waals surface area contributed by atoms with Crippen LogP contribution in [-0.2, 0) is 9.59 Å². The minimum Gasteiger partial charge on any atom is -0.480 e. The van der Waals surface area contributed by atoms with Crippen LogP contribution in [0.4, 0.5) is 0 Å². The summed E-state index contributed by atoms with van der Waals surface area (Å²) in [6.07, 6.45) is 5.46. The number of carbonyl (C=O) groups is 2. The number of hydrazone groups is 1. The van der Waals surface area contributed by atoms with Crippen LogP contribution in [-0.4, -0.2) is 45.3 Å². The van der Waals surface area contributed by atoms with Gasteiger partial charge in [0.05, 0.1) is 0 Å². The second-order valence-corrected chi connectivity index (χ2v) is 4.05. The summed E-state index contributed by atoms with van der Waals surface area (Å²) in [5, 5.41) is 14.0. The minimum absolute atomic E-state index is 0.123. The monoisotopic (exact) mass is 235 g/mol. The van der Waals surface area contributed by atoms with E-state index < -0.39 is 12.0 Å². The number of fused-ring (bicyclic) bond motifs is 1. The van der Waals surface area contributed by atoms with Crippen molar-refractivity contribution in [1.29, 1.82) is 0 Å². The summed E-state index contributed by atoms with van der Waals surface area (Å²) in [6.45, 7) is 3.48. The van der Waals surface area contributed by atoms with Crippen LogP contribution in [0.15, 0.2) is 29.0 Å². The normalized spacial score (nSPS) is 20.7. The Morgan fingerprint density at radius 3 is 2.88 bits per heavy atom. The average Bonchev–Trinajstić information content (AvgIpc) is 2.27. The Bertz CT molecular complexity index is 465. The molecule has 2 heterocycles. The molecular weight excluding hydrogens is 222 g/mol. The molecule has 1 unspecified atom stereocenters. The van der Waals surface area contributed by atoms with Gasteiger partial charge in [-0.3, -0.25) is 4.79 Å². The first-order valence-electron chi connectivity index (χ1n) is 5.25. The molecule has 0 spiro atoms. The van der Waals surface area contributed by atoms with Crippen LogP contribution < -0.4 is 0 Å². The van der Waals surface area contributed by atoms with Crippen LogP contribution in [0.2, 0.25) is 0 Å². The molecule has 1 amide bonds. The van der Waals surface area contributed by atoms with Crippen LogP contribution in [0, 0.1) is 0 Å². The van der Waals surface area contributed by atoms with Crippen molar-refractivity contribution < 1.29 is 14.7 Å². The Morgan fingerprint density at radius 1 is 1.53 bits per heavy atom. The number of hydrogen-bond donors (Lipinski definition) is 1. The fraction of sp³-hybridized carbons (Fsp3) is 0.364. The standard InChI is InChI=1S/C11H13N3O3/c1-7-3-4-9-12-14(8(2)11(16)17)10(15)6-13(9)5-7/h3-5,8H,6H2,1-2H3,(H,16,17). The number of allylic oxidation sites excluding steroid dienone is 2. The zero-order chi connectivity index (χ0) is 12.6. The largest absolute Gasteiger partial charge is 0.480 e. The fourth-order valence-corrected chi connectivity index (χ4v) is 1.67. The molecule has 0 aromatic rings. The molecular formula is C11H13N3O3. The van der Waals surface area contributed by atoms with Crippen molar-refractivity contribution in [2.24, 2.45) is 5.10 Å². The predicted molar refractivity (Wildman–Crippen MR) is 61.0 cm³/mol. The highest BCUT2D eigenvalue weighted by atomic mass is 16.4. The van der Waals surface area contributed by atoms with Gasteiger partial charge in [0, 0.05) is 6.20 Å². The first kappa shape index (κ1) is 11.4. The number of carbonyl (C=O) groups excluding carboxylic acids is 1. The molecule has 1 atom stereocenters. The van der Waals surface area contributed by atoms with Gasteiger partial charge in [0.25, 0.3) is 5.91 Å². The lowest BCUT2D eigenvalue weighted by molar-refractivity contribution is -0.150. The van der Waals surface area contributed by atoms with Crippen molar-refractivity contribution in [3.63, 3.8) is 0 Å². The van der Waals surface area contributed by atoms with Crippen molar-refractivity contribution in [3.8, 4) is 0 Å². The number of amidine groups is 1. The number of carboxylic acids is 1. The van der Waals surface area contributed by atoms with Crippen LogP contribution >= 0.6 is 0 Å². The molecule has 1 N–H and O–H groups in total. The smallest absolute Gasteiger partial charge is 0.328 e. The lowest BCUT2D eigenvalue weighted by Gasteiger charge is -2.33. The van der Waals surface area contributed by atoms with Crippen LogP contribution in [0.1, 0.15) is 13.8 Å². The summed E-state index contributed by atoms with van der Waals surface area (Å²) in [4.78, 5) is 24.3. The van der Waals surface area contributed by atoms with Crippen molar-refractivity contribution >= 4 is 17.7 Å². The van der Waals surface area contributed by atoms with E-state index in [0.29, 0.717) is 5.84 Å². The van der Waals surface area contributed by atoms with Gasteiger partial charge in [-0.05, 0) is 25.5 Å². The molecule has 2 aliphatic rings. The number of carboxylic acid groups (broad SMARTS) is 1. The van der Waals surface area contributed by atoms with E-state index in [1.165, 1.54) is 6.92 Å². The number of aliphatic carboxylic acids is 1. The van der Waals surface area contributed by atoms with E-state index in [-0.39, 0.29) is 12.5 Å². The van der Waals surface area contributed by atoms with Gasteiger partial charge in [0.15, 0.2) is 5.84 Å². The van der Waals surface area contributed by atoms with Crippen molar-refractivity contribution in [2.45, 2.75) is 19.9 Å². The molecule has 0 aromatic carbocycles. The van der Waals surface area contributed by atoms with E-state index in [0.717, 1.165) is 10.6 Å². The van der Waals surface area contributed by atoms with Crippen LogP contribution in [0.5, 0.6) is 0 Å². The van der Waals surface area contributed by atoms with Gasteiger partial charge in [-0.15, -0.1) is 0 Å². The Labute approximate surface area is 98.5 Å². The summed E-state index contributed by atoms with van der Waals surface area (Å²) >= 11 is 0. The van der Waals surface area contributed by atoms with E-state index in [9.17, 15) is 9.59 Å². The minimum atomic E-state index is -1.07. The third-order valence-electron chi connectivity index (χ3n) is 2.64. The molecule has 17 heavy (non-hydrogen) atoms. The third kappa shape index (κ3) is 2.06. The van der Waals surface area contributed by atoms with E-state index in [4.69, 9.17) is 5.11 Å². The van der Waals surface area contributed by atoms with Gasteiger partial charge in [-0.25, -0.2) is 9.80 Å². The summed E-state index contributed by atoms with van der Waals surface area (Å²) in [5.74, 6) is -0.797. The first-order valence-corrected chi connectivity index (χ1v) is 5.25. The van der Waals surface area contributed by atoms with Gasteiger partial charge >= 0.3 is 5.97 Å². The van der Waals surface area contributed by atoms with Crippen molar-refractivity contribution in [2.75, 3.05) is 6.54 Å². The molecule has 0 saturated heterocycles. The average molecular weight is 235 g/mol. The fourth-order valence-electron chi connectivity index (χ4n) is 1.67. The SMILES string of the molecule is CC1=CN2CC(=O)N(C(C)C(=O)O)N=C2C=C1. The van der Waals surface area contributed by atoms with Crippen LogP contribution in [0.3, 0.4) is 0 Å². The Morgan fingerprint density at radius 2 is 2.24 bits per heavy atom. The van der Waals surface area contributed by atoms with Crippen molar-refractivity contribution in [3.05, 3.63) is 23.9 Å². The molecule has 0 bridgehead atoms. The molecule has 6 heteroatoms. The number of rotatable bonds is 2. The van der Waals surface area contributed by atoms with Gasteiger partial charge in [0.2, 0.25) is 0 Å². The second kappa shape index (κ2) is 4.04. The molecule has 2 aliphatic heterocycles. The number of hydrogen-bond acceptors (Lipinski definition) is 4. The highest BCUT2D eigenvalue weighted by Gasteiger charge is 2.31. The van der Waals surface area contributed by atoms with Gasteiger partial charge in [-0.2, -0.15) is 5.10 Å². The molecule has 0 fully saturated rings. The van der Waals surface area contributed by atoms with Gasteiger partial charge < -0.3 is 10.0 Å². The van der Waals surface area contributed by atoms with E-state index in [2.05, 4.69) is 5.10 Å². The maximum atomic E-state index is 11.8. The number of nitrogens with zero attached hydrogens (tertiary/aromatic N) is 3. The molecule has 0 saturated carbocycles. The van der Waals surface area contributed by atoms with Crippen LogP contribution in [0.25, 0.3) is 0 Å². The molecule has 0 aromatic heterocycles. The van der Waals surface area contributed by atoms with E-state index in [1.807, 2.05) is 19.2 Å². The topological polar surface area (TPSA) is 73.2 Å². The Kier molecular flexibility index (Phi) is 2.71. The van der Waals surface area contributed by atoms with E-state index >= 15 is 0 Å². The van der Waals surface area contributed by atoms with Crippen molar-refractivity contribution in [1.82, 2.24) is 9.91 Å². The highest BCUT2D eigenvalue weighted by Crippen LogP contribution is 2.16. The lowest BCUT2D eigenvalue weighted by atomic mass is 10.2. The van der Waals surface area contributed by atoms with Gasteiger partial charge in [0.1, 0.15) is 12.6 Å². The maximum Gasteiger partial charge on any atom is 0.328 e. The summed E-state index contributed by atoms with van der Waals surface area (Å²) in [6, 6.07) is -0.947. The molecule has 90 valence electrons. The zero-order valence-electron chi connectivity index (χ0n) is 9.62. The highest BCUT2D eigenvalue weighted by molar-refractivity contribution is 6.01. The third-order valence-corrected chi connectivity index (χ3v) is 2.64. The predicted octanol–water partition coefficient (Wildman–Crippen LogP) is 0.391. The van der Waals surface area contributed by atoms with Gasteiger partial charge in [-0.1, -0.05) is 6.08 Å². The second-order valence-electron chi connectivity index (χ2n) is 4.05. The number of amides is 1. The zero-order valence-corrected chi connectivity index (χ0v) is 9.62. The van der Waals surface area contributed by atoms with E-state index in [1.54, 1.807) is 11.0 Å². The molecule has 0 radical (unpaired) electrons.